The van der Waals surface area contributed by atoms with Crippen LogP contribution in [0.15, 0.2) is 12.3 Å². The summed E-state index contributed by atoms with van der Waals surface area (Å²) in [6.07, 6.45) is 5.03. The van der Waals surface area contributed by atoms with Crippen LogP contribution >= 0.6 is 0 Å². The van der Waals surface area contributed by atoms with Gasteiger partial charge in [0, 0.05) is 19.3 Å². The minimum Gasteiger partial charge on any atom is -0.394 e. The van der Waals surface area contributed by atoms with Gasteiger partial charge in [-0.1, -0.05) is 0 Å². The molecule has 5 heteroatoms. The summed E-state index contributed by atoms with van der Waals surface area (Å²) >= 11 is 0. The second-order valence-electron chi connectivity index (χ2n) is 4.08. The molecule has 1 atom stereocenters. The van der Waals surface area contributed by atoms with Crippen molar-refractivity contribution < 1.29 is 5.11 Å². The molecule has 1 unspecified atom stereocenters. The SMILES string of the molecule is NCc1ccnc(N2CCCCC2CO)n1. The van der Waals surface area contributed by atoms with Crippen LogP contribution in [0.4, 0.5) is 5.95 Å². The molecule has 0 bridgehead atoms. The van der Waals surface area contributed by atoms with Crippen molar-refractivity contribution in [2.45, 2.75) is 31.8 Å². The van der Waals surface area contributed by atoms with Crippen molar-refractivity contribution >= 4 is 5.95 Å². The molecule has 0 aliphatic carbocycles. The van der Waals surface area contributed by atoms with E-state index in [1.807, 2.05) is 6.07 Å². The van der Waals surface area contributed by atoms with Crippen molar-refractivity contribution in [3.63, 3.8) is 0 Å². The van der Waals surface area contributed by atoms with Gasteiger partial charge in [-0.15, -0.1) is 0 Å². The van der Waals surface area contributed by atoms with Crippen LogP contribution in [0.25, 0.3) is 0 Å². The second kappa shape index (κ2) is 5.23. The first-order valence-corrected chi connectivity index (χ1v) is 5.74. The number of aliphatic hydroxyl groups is 1. The van der Waals surface area contributed by atoms with E-state index >= 15 is 0 Å². The largest absolute Gasteiger partial charge is 0.394 e. The number of rotatable bonds is 3. The highest BCUT2D eigenvalue weighted by molar-refractivity contribution is 5.32. The van der Waals surface area contributed by atoms with Gasteiger partial charge in [-0.25, -0.2) is 9.97 Å². The topological polar surface area (TPSA) is 75.3 Å². The van der Waals surface area contributed by atoms with E-state index < -0.39 is 0 Å². The number of aromatic nitrogens is 2. The lowest BCUT2D eigenvalue weighted by Crippen LogP contribution is -2.43. The van der Waals surface area contributed by atoms with E-state index in [1.54, 1.807) is 6.20 Å². The molecule has 1 aromatic rings. The average molecular weight is 222 g/mol. The first-order chi connectivity index (χ1) is 7.85. The zero-order valence-corrected chi connectivity index (χ0v) is 9.34. The van der Waals surface area contributed by atoms with Crippen molar-refractivity contribution in [3.8, 4) is 0 Å². The molecule has 2 rings (SSSR count). The lowest BCUT2D eigenvalue weighted by atomic mass is 10.0. The summed E-state index contributed by atoms with van der Waals surface area (Å²) in [6.45, 7) is 1.50. The van der Waals surface area contributed by atoms with Crippen LogP contribution < -0.4 is 10.6 Å². The van der Waals surface area contributed by atoms with Crippen LogP contribution in [0.3, 0.4) is 0 Å². The van der Waals surface area contributed by atoms with E-state index in [0.717, 1.165) is 31.5 Å². The molecule has 3 N–H and O–H groups in total. The third-order valence-corrected chi connectivity index (χ3v) is 3.00. The van der Waals surface area contributed by atoms with E-state index in [1.165, 1.54) is 0 Å². The first kappa shape index (κ1) is 11.3. The standard InChI is InChI=1S/C11H18N4O/c12-7-9-4-5-13-11(14-9)15-6-2-1-3-10(15)8-16/h4-5,10,16H,1-3,6-8,12H2. The van der Waals surface area contributed by atoms with E-state index in [4.69, 9.17) is 5.73 Å². The Morgan fingerprint density at radius 2 is 2.38 bits per heavy atom. The highest BCUT2D eigenvalue weighted by atomic mass is 16.3. The van der Waals surface area contributed by atoms with Gasteiger partial charge >= 0.3 is 0 Å². The normalized spacial score (nSPS) is 21.1. The Morgan fingerprint density at radius 1 is 1.50 bits per heavy atom. The lowest BCUT2D eigenvalue weighted by molar-refractivity contribution is 0.238. The average Bonchev–Trinajstić information content (AvgIpc) is 2.38. The molecule has 1 aromatic heterocycles. The Balaban J connectivity index is 2.20. The summed E-state index contributed by atoms with van der Waals surface area (Å²) in [5.41, 5.74) is 6.40. The molecular weight excluding hydrogens is 204 g/mol. The number of hydrogen-bond acceptors (Lipinski definition) is 5. The zero-order chi connectivity index (χ0) is 11.4. The zero-order valence-electron chi connectivity index (χ0n) is 9.34. The Bertz CT molecular complexity index is 345. The van der Waals surface area contributed by atoms with Crippen LogP contribution in [0.5, 0.6) is 0 Å². The van der Waals surface area contributed by atoms with E-state index in [2.05, 4.69) is 14.9 Å². The molecule has 1 saturated heterocycles. The van der Waals surface area contributed by atoms with Gasteiger partial charge in [0.1, 0.15) is 0 Å². The smallest absolute Gasteiger partial charge is 0.225 e. The van der Waals surface area contributed by atoms with Crippen molar-refractivity contribution in [3.05, 3.63) is 18.0 Å². The maximum Gasteiger partial charge on any atom is 0.225 e. The number of anilines is 1. The van der Waals surface area contributed by atoms with Crippen molar-refractivity contribution in [2.75, 3.05) is 18.1 Å². The van der Waals surface area contributed by atoms with E-state index in [0.29, 0.717) is 12.5 Å². The van der Waals surface area contributed by atoms with Crippen LogP contribution in [0, 0.1) is 0 Å². The van der Waals surface area contributed by atoms with Crippen LogP contribution in [-0.2, 0) is 6.54 Å². The first-order valence-electron chi connectivity index (χ1n) is 5.74. The summed E-state index contributed by atoms with van der Waals surface area (Å²) in [5, 5.41) is 9.33. The molecule has 0 amide bonds. The predicted octanol–water partition coefficient (Wildman–Crippen LogP) is 0.287. The minimum atomic E-state index is 0.154. The maximum absolute atomic E-state index is 9.33. The summed E-state index contributed by atoms with van der Waals surface area (Å²) in [4.78, 5) is 10.7. The number of hydrogen-bond donors (Lipinski definition) is 2. The van der Waals surface area contributed by atoms with Crippen LogP contribution in [0.1, 0.15) is 25.0 Å². The minimum absolute atomic E-state index is 0.154. The van der Waals surface area contributed by atoms with Gasteiger partial charge in [-0.05, 0) is 25.3 Å². The molecule has 0 aromatic carbocycles. The number of nitrogens with two attached hydrogens (primary N) is 1. The molecule has 88 valence electrons. The van der Waals surface area contributed by atoms with Gasteiger partial charge in [0.05, 0.1) is 18.3 Å². The fraction of sp³-hybridized carbons (Fsp3) is 0.636. The van der Waals surface area contributed by atoms with Crippen molar-refractivity contribution in [1.82, 2.24) is 9.97 Å². The number of nitrogens with zero attached hydrogens (tertiary/aromatic N) is 3. The fourth-order valence-electron chi connectivity index (χ4n) is 2.09. The van der Waals surface area contributed by atoms with Gasteiger partial charge in [0.25, 0.3) is 0 Å². The van der Waals surface area contributed by atoms with Crippen molar-refractivity contribution in [1.29, 1.82) is 0 Å². The molecule has 16 heavy (non-hydrogen) atoms. The molecule has 1 aliphatic rings. The van der Waals surface area contributed by atoms with Gasteiger partial charge in [-0.3, -0.25) is 0 Å². The van der Waals surface area contributed by atoms with Gasteiger partial charge in [0.2, 0.25) is 5.95 Å². The van der Waals surface area contributed by atoms with Gasteiger partial charge in [0.15, 0.2) is 0 Å². The van der Waals surface area contributed by atoms with Gasteiger partial charge < -0.3 is 15.7 Å². The molecular formula is C11H18N4O. The maximum atomic E-state index is 9.33. The molecule has 5 nitrogen and oxygen atoms in total. The molecule has 0 saturated carbocycles. The van der Waals surface area contributed by atoms with Crippen LogP contribution in [0.2, 0.25) is 0 Å². The molecule has 2 heterocycles. The van der Waals surface area contributed by atoms with Crippen LogP contribution in [-0.4, -0.2) is 34.3 Å². The summed E-state index contributed by atoms with van der Waals surface area (Å²) < 4.78 is 0. The van der Waals surface area contributed by atoms with Crippen molar-refractivity contribution in [2.24, 2.45) is 5.73 Å². The highest BCUT2D eigenvalue weighted by Crippen LogP contribution is 2.21. The molecule has 0 radical (unpaired) electrons. The lowest BCUT2D eigenvalue weighted by Gasteiger charge is -2.34. The number of piperidine rings is 1. The Labute approximate surface area is 95.3 Å². The highest BCUT2D eigenvalue weighted by Gasteiger charge is 2.23. The monoisotopic (exact) mass is 222 g/mol. The van der Waals surface area contributed by atoms with E-state index in [-0.39, 0.29) is 12.6 Å². The summed E-state index contributed by atoms with van der Waals surface area (Å²) in [6, 6.07) is 1.98. The van der Waals surface area contributed by atoms with E-state index in [9.17, 15) is 5.11 Å². The predicted molar refractivity (Wildman–Crippen MR) is 62.0 cm³/mol. The Hall–Kier alpha value is -1.20. The fourth-order valence-corrected chi connectivity index (χ4v) is 2.09. The molecule has 1 aliphatic heterocycles. The molecule has 1 fully saturated rings. The Morgan fingerprint density at radius 3 is 3.12 bits per heavy atom. The Kier molecular flexibility index (Phi) is 3.69. The summed E-state index contributed by atoms with van der Waals surface area (Å²) in [5.74, 6) is 0.696. The summed E-state index contributed by atoms with van der Waals surface area (Å²) in [7, 11) is 0. The molecule has 0 spiro atoms. The third-order valence-electron chi connectivity index (χ3n) is 3.00. The number of aliphatic hydroxyl groups excluding tert-OH is 1. The quantitative estimate of drug-likeness (QED) is 0.768. The van der Waals surface area contributed by atoms with Gasteiger partial charge in [-0.2, -0.15) is 0 Å². The second-order valence-corrected chi connectivity index (χ2v) is 4.08. The third kappa shape index (κ3) is 2.31.